The van der Waals surface area contributed by atoms with Crippen LogP contribution in [0.2, 0.25) is 0 Å². The Kier molecular flexibility index (Phi) is 3.24. The van der Waals surface area contributed by atoms with Crippen LogP contribution in [-0.4, -0.2) is 25.2 Å². The molecule has 1 aromatic carbocycles. The van der Waals surface area contributed by atoms with E-state index in [1.165, 1.54) is 6.39 Å². The molecule has 0 saturated carbocycles. The third-order valence-corrected chi connectivity index (χ3v) is 2.36. The van der Waals surface area contributed by atoms with Crippen molar-refractivity contribution in [3.05, 3.63) is 30.2 Å². The molecule has 4 nitrogen and oxygen atoms in total. The summed E-state index contributed by atoms with van der Waals surface area (Å²) in [5.74, 6) is -0.488. The van der Waals surface area contributed by atoms with Gasteiger partial charge in [0.2, 0.25) is 0 Å². The Morgan fingerprint density at radius 2 is 2.38 bits per heavy atom. The smallest absolute Gasteiger partial charge is 0.200 e. The van der Waals surface area contributed by atoms with Gasteiger partial charge >= 0.3 is 0 Å². The maximum Gasteiger partial charge on any atom is 0.200 e. The van der Waals surface area contributed by atoms with Gasteiger partial charge in [-0.25, -0.2) is 4.98 Å². The molecule has 80 valence electrons. The van der Waals surface area contributed by atoms with E-state index in [-0.39, 0.29) is 0 Å². The van der Waals surface area contributed by atoms with Crippen LogP contribution in [0.4, 0.5) is 4.79 Å². The standard InChI is InChI=1S/C11H11BN2O2/c12-11(15)13-6-2-4-8-3-1-5-9-10(8)16-7-14-9/h1,3,5,7H,2,4,6H2,(H,13,15). The molecule has 0 aliphatic carbocycles. The van der Waals surface area contributed by atoms with E-state index in [9.17, 15) is 4.79 Å². The summed E-state index contributed by atoms with van der Waals surface area (Å²) in [5.41, 5.74) is 2.78. The van der Waals surface area contributed by atoms with Gasteiger partial charge in [-0.2, -0.15) is 0 Å². The van der Waals surface area contributed by atoms with E-state index in [0.717, 1.165) is 29.5 Å². The van der Waals surface area contributed by atoms with Crippen molar-refractivity contribution in [2.45, 2.75) is 12.8 Å². The lowest BCUT2D eigenvalue weighted by molar-refractivity contribution is 0.259. The summed E-state index contributed by atoms with van der Waals surface area (Å²) in [5, 5.41) is 2.55. The molecule has 0 saturated heterocycles. The lowest BCUT2D eigenvalue weighted by atomic mass is 10.1. The molecule has 0 fully saturated rings. The Balaban J connectivity index is 1.98. The summed E-state index contributed by atoms with van der Waals surface area (Å²) in [6.45, 7) is 0.569. The highest BCUT2D eigenvalue weighted by molar-refractivity contribution is 6.57. The molecule has 0 spiro atoms. The molecule has 0 atom stereocenters. The van der Waals surface area contributed by atoms with Crippen molar-refractivity contribution in [3.63, 3.8) is 0 Å². The predicted molar refractivity (Wildman–Crippen MR) is 61.5 cm³/mol. The summed E-state index contributed by atoms with van der Waals surface area (Å²) >= 11 is 0. The normalized spacial score (nSPS) is 10.5. The van der Waals surface area contributed by atoms with E-state index >= 15 is 0 Å². The number of benzene rings is 1. The first-order valence-corrected chi connectivity index (χ1v) is 5.12. The van der Waals surface area contributed by atoms with Crippen molar-refractivity contribution < 1.29 is 9.21 Å². The topological polar surface area (TPSA) is 55.1 Å². The van der Waals surface area contributed by atoms with Gasteiger partial charge in [0.15, 0.2) is 25.6 Å². The van der Waals surface area contributed by atoms with E-state index in [1.807, 2.05) is 18.2 Å². The number of hydrogen-bond donors (Lipinski definition) is 1. The zero-order valence-electron chi connectivity index (χ0n) is 8.77. The maximum absolute atomic E-state index is 10.5. The van der Waals surface area contributed by atoms with Crippen LogP contribution in [0, 0.1) is 0 Å². The second-order valence-corrected chi connectivity index (χ2v) is 3.51. The van der Waals surface area contributed by atoms with Crippen LogP contribution in [0.15, 0.2) is 29.0 Å². The molecule has 1 amide bonds. The molecule has 2 radical (unpaired) electrons. The minimum absolute atomic E-state index is 0.488. The average Bonchev–Trinajstić information content (AvgIpc) is 2.72. The molecular weight excluding hydrogens is 203 g/mol. The molecule has 1 heterocycles. The third-order valence-electron chi connectivity index (χ3n) is 2.36. The molecule has 0 aliphatic rings. The summed E-state index contributed by atoms with van der Waals surface area (Å²) in [6.07, 6.45) is 3.09. The number of carbonyl (C=O) groups excluding carboxylic acids is 1. The van der Waals surface area contributed by atoms with Crippen LogP contribution in [0.1, 0.15) is 12.0 Å². The van der Waals surface area contributed by atoms with Gasteiger partial charge in [-0.3, -0.25) is 4.79 Å². The van der Waals surface area contributed by atoms with Crippen molar-refractivity contribution in [2.24, 2.45) is 0 Å². The molecule has 0 bridgehead atoms. The van der Waals surface area contributed by atoms with Gasteiger partial charge in [-0.05, 0) is 24.5 Å². The van der Waals surface area contributed by atoms with Gasteiger partial charge in [-0.1, -0.05) is 12.1 Å². The van der Waals surface area contributed by atoms with Gasteiger partial charge in [0.25, 0.3) is 0 Å². The Morgan fingerprint density at radius 3 is 3.19 bits per heavy atom. The first kappa shape index (κ1) is 10.7. The van der Waals surface area contributed by atoms with Gasteiger partial charge in [0, 0.05) is 6.54 Å². The minimum atomic E-state index is -0.488. The zero-order chi connectivity index (χ0) is 11.4. The number of oxazole rings is 1. The molecule has 16 heavy (non-hydrogen) atoms. The SMILES string of the molecule is [B]C(=O)NCCCc1cccc2ncoc12. The molecule has 1 aromatic heterocycles. The van der Waals surface area contributed by atoms with Crippen molar-refractivity contribution in [2.75, 3.05) is 6.54 Å². The molecule has 0 unspecified atom stereocenters. The summed E-state index contributed by atoms with van der Waals surface area (Å²) < 4.78 is 5.30. The highest BCUT2D eigenvalue weighted by Gasteiger charge is 2.04. The van der Waals surface area contributed by atoms with Crippen LogP contribution in [0.3, 0.4) is 0 Å². The van der Waals surface area contributed by atoms with Gasteiger partial charge < -0.3 is 9.73 Å². The Labute approximate surface area is 94.4 Å². The molecule has 5 heteroatoms. The molecule has 1 N–H and O–H groups in total. The van der Waals surface area contributed by atoms with E-state index < -0.39 is 5.81 Å². The fourth-order valence-electron chi connectivity index (χ4n) is 1.63. The van der Waals surface area contributed by atoms with Crippen molar-refractivity contribution in [1.29, 1.82) is 0 Å². The van der Waals surface area contributed by atoms with Gasteiger partial charge in [0.1, 0.15) is 5.52 Å². The quantitative estimate of drug-likeness (QED) is 0.621. The molecule has 2 rings (SSSR count). The van der Waals surface area contributed by atoms with Crippen molar-refractivity contribution >= 4 is 24.8 Å². The lowest BCUT2D eigenvalue weighted by Gasteiger charge is -2.03. The Morgan fingerprint density at radius 1 is 1.50 bits per heavy atom. The third kappa shape index (κ3) is 2.42. The minimum Gasteiger partial charge on any atom is -0.443 e. The number of aromatic nitrogens is 1. The zero-order valence-corrected chi connectivity index (χ0v) is 8.77. The van der Waals surface area contributed by atoms with E-state index in [0.29, 0.717) is 6.54 Å². The van der Waals surface area contributed by atoms with E-state index in [1.54, 1.807) is 0 Å². The predicted octanol–water partition coefficient (Wildman–Crippen LogP) is 1.64. The lowest BCUT2D eigenvalue weighted by Crippen LogP contribution is -2.22. The second-order valence-electron chi connectivity index (χ2n) is 3.51. The number of amides is 1. The van der Waals surface area contributed by atoms with Crippen LogP contribution in [-0.2, 0) is 6.42 Å². The van der Waals surface area contributed by atoms with Crippen LogP contribution in [0.5, 0.6) is 0 Å². The number of rotatable bonds is 4. The summed E-state index contributed by atoms with van der Waals surface area (Å²) in [4.78, 5) is 14.5. The fraction of sp³-hybridized carbons (Fsp3) is 0.273. The Bertz CT molecular complexity index is 495. The summed E-state index contributed by atoms with van der Waals surface area (Å²) in [6, 6.07) is 5.85. The van der Waals surface area contributed by atoms with E-state index in [4.69, 9.17) is 12.3 Å². The monoisotopic (exact) mass is 214 g/mol. The average molecular weight is 214 g/mol. The van der Waals surface area contributed by atoms with E-state index in [2.05, 4.69) is 10.3 Å². The van der Waals surface area contributed by atoms with Crippen molar-refractivity contribution in [1.82, 2.24) is 10.3 Å². The maximum atomic E-state index is 10.5. The number of nitrogens with one attached hydrogen (secondary N) is 1. The second kappa shape index (κ2) is 4.83. The fourth-order valence-corrected chi connectivity index (χ4v) is 1.63. The number of fused-ring (bicyclic) bond motifs is 1. The summed E-state index contributed by atoms with van der Waals surface area (Å²) in [7, 11) is 4.97. The Hall–Kier alpha value is -1.78. The molecule has 0 aliphatic heterocycles. The number of hydrogen-bond acceptors (Lipinski definition) is 3. The first-order chi connectivity index (χ1) is 7.77. The number of nitrogens with zero attached hydrogens (tertiary/aromatic N) is 1. The molecule has 2 aromatic rings. The van der Waals surface area contributed by atoms with Gasteiger partial charge in [-0.15, -0.1) is 0 Å². The highest BCUT2D eigenvalue weighted by Crippen LogP contribution is 2.18. The van der Waals surface area contributed by atoms with Crippen molar-refractivity contribution in [3.8, 4) is 0 Å². The highest BCUT2D eigenvalue weighted by atomic mass is 16.3. The number of aryl methyl sites for hydroxylation is 1. The van der Waals surface area contributed by atoms with Crippen LogP contribution in [0.25, 0.3) is 11.1 Å². The largest absolute Gasteiger partial charge is 0.443 e. The number of para-hydroxylation sites is 1. The van der Waals surface area contributed by atoms with Gasteiger partial charge in [0.05, 0.1) is 0 Å². The molecular formula is C11H11BN2O2. The van der Waals surface area contributed by atoms with Crippen LogP contribution < -0.4 is 5.32 Å². The first-order valence-electron chi connectivity index (χ1n) is 5.12. The number of carbonyl (C=O) groups is 1. The van der Waals surface area contributed by atoms with Crippen LogP contribution >= 0.6 is 0 Å².